The zero-order chi connectivity index (χ0) is 19.8. The zero-order valence-electron chi connectivity index (χ0n) is 16.7. The fourth-order valence-corrected chi connectivity index (χ4v) is 4.70. The molecule has 1 aliphatic heterocycles. The summed E-state index contributed by atoms with van der Waals surface area (Å²) in [5.74, 6) is 2.48. The highest BCUT2D eigenvalue weighted by Crippen LogP contribution is 2.26. The van der Waals surface area contributed by atoms with Gasteiger partial charge in [0.15, 0.2) is 5.76 Å². The lowest BCUT2D eigenvalue weighted by molar-refractivity contribution is -0.118. The van der Waals surface area contributed by atoms with Crippen molar-refractivity contribution in [3.8, 4) is 10.6 Å². The number of hydrogen-bond donors (Lipinski definition) is 1. The van der Waals surface area contributed by atoms with Gasteiger partial charge in [0.1, 0.15) is 0 Å². The van der Waals surface area contributed by atoms with Crippen molar-refractivity contribution < 1.29 is 9.32 Å². The molecule has 1 aliphatic rings. The van der Waals surface area contributed by atoms with Crippen molar-refractivity contribution in [3.63, 3.8) is 0 Å². The van der Waals surface area contributed by atoms with Gasteiger partial charge in [0, 0.05) is 51.1 Å². The maximum Gasteiger partial charge on any atom is 0.230 e. The first kappa shape index (κ1) is 21.4. The minimum Gasteiger partial charge on any atom is -0.355 e. The average molecular weight is 423 g/mol. The number of nitrogens with zero attached hydrogens (tertiary/aromatic N) is 3. The van der Waals surface area contributed by atoms with Crippen LogP contribution in [-0.2, 0) is 10.5 Å². The Morgan fingerprint density at radius 2 is 2.14 bits per heavy atom. The van der Waals surface area contributed by atoms with Gasteiger partial charge in [0.05, 0.1) is 16.3 Å². The molecule has 1 unspecified atom stereocenters. The van der Waals surface area contributed by atoms with Gasteiger partial charge in [-0.05, 0) is 23.9 Å². The Labute approximate surface area is 175 Å². The summed E-state index contributed by atoms with van der Waals surface area (Å²) in [4.78, 5) is 18.2. The second-order valence-corrected chi connectivity index (χ2v) is 9.23. The second-order valence-electron chi connectivity index (χ2n) is 7.30. The smallest absolute Gasteiger partial charge is 0.230 e. The number of thiophene rings is 1. The van der Waals surface area contributed by atoms with Crippen LogP contribution in [0.4, 0.5) is 0 Å². The summed E-state index contributed by atoms with van der Waals surface area (Å²) in [6.45, 7) is 11.9. The molecular weight excluding hydrogens is 392 g/mol. The molecule has 1 saturated heterocycles. The Bertz CT molecular complexity index is 712. The third-order valence-corrected chi connectivity index (χ3v) is 6.79. The van der Waals surface area contributed by atoms with E-state index in [4.69, 9.17) is 4.52 Å². The molecule has 0 aromatic carbocycles. The third kappa shape index (κ3) is 6.62. The van der Waals surface area contributed by atoms with Gasteiger partial charge in [0.25, 0.3) is 0 Å². The van der Waals surface area contributed by atoms with Gasteiger partial charge in [-0.25, -0.2) is 0 Å². The van der Waals surface area contributed by atoms with E-state index in [1.165, 1.54) is 0 Å². The predicted molar refractivity (Wildman–Crippen MR) is 117 cm³/mol. The maximum absolute atomic E-state index is 12.1. The van der Waals surface area contributed by atoms with E-state index in [-0.39, 0.29) is 5.91 Å². The lowest BCUT2D eigenvalue weighted by Gasteiger charge is -2.35. The first-order chi connectivity index (χ1) is 13.6. The van der Waals surface area contributed by atoms with Crippen LogP contribution in [0.5, 0.6) is 0 Å². The Hall–Kier alpha value is -1.35. The quantitative estimate of drug-likeness (QED) is 0.635. The fraction of sp³-hybridized carbons (Fsp3) is 0.600. The number of likely N-dealkylation sites (N-methyl/N-ethyl adjacent to an activating group) is 1. The van der Waals surface area contributed by atoms with Crippen molar-refractivity contribution in [1.29, 1.82) is 0 Å². The molecule has 0 saturated carbocycles. The number of rotatable bonds is 10. The van der Waals surface area contributed by atoms with Gasteiger partial charge in [-0.1, -0.05) is 25.1 Å². The molecule has 0 spiro atoms. The molecule has 3 heterocycles. The van der Waals surface area contributed by atoms with Crippen molar-refractivity contribution in [2.75, 3.05) is 51.6 Å². The van der Waals surface area contributed by atoms with Crippen LogP contribution in [0.3, 0.4) is 0 Å². The van der Waals surface area contributed by atoms with Crippen LogP contribution < -0.4 is 5.32 Å². The largest absolute Gasteiger partial charge is 0.355 e. The lowest BCUT2D eigenvalue weighted by atomic mass is 10.1. The topological polar surface area (TPSA) is 61.6 Å². The molecule has 154 valence electrons. The Morgan fingerprint density at radius 3 is 2.86 bits per heavy atom. The Morgan fingerprint density at radius 1 is 1.36 bits per heavy atom. The van der Waals surface area contributed by atoms with Crippen LogP contribution in [0, 0.1) is 5.92 Å². The molecule has 2 aromatic heterocycles. The SMILES string of the molecule is CCN1CCN(CC(C)CNC(=O)CSCc2cc(-c3cccs3)on2)CC1. The van der Waals surface area contributed by atoms with Crippen LogP contribution in [0.25, 0.3) is 10.6 Å². The standard InChI is InChI=1S/C20H30N4O2S2/c1-3-23-6-8-24(9-7-23)13-16(2)12-21-20(25)15-27-14-17-11-18(26-22-17)19-5-4-10-28-19/h4-5,10-11,16H,3,6-9,12-15H2,1-2H3,(H,21,25). The van der Waals surface area contributed by atoms with Crippen LogP contribution in [-0.4, -0.2) is 72.4 Å². The van der Waals surface area contributed by atoms with Crippen molar-refractivity contribution in [2.45, 2.75) is 19.6 Å². The molecule has 28 heavy (non-hydrogen) atoms. The number of nitrogens with one attached hydrogen (secondary N) is 1. The third-order valence-electron chi connectivity index (χ3n) is 4.94. The Kier molecular flexibility index (Phi) is 8.39. The fourth-order valence-electron chi connectivity index (χ4n) is 3.30. The summed E-state index contributed by atoms with van der Waals surface area (Å²) < 4.78 is 5.37. The van der Waals surface area contributed by atoms with Gasteiger partial charge in [-0.3, -0.25) is 4.79 Å². The van der Waals surface area contributed by atoms with Gasteiger partial charge in [-0.15, -0.1) is 23.1 Å². The number of hydrogen-bond acceptors (Lipinski definition) is 7. The summed E-state index contributed by atoms with van der Waals surface area (Å²) >= 11 is 3.20. The van der Waals surface area contributed by atoms with Crippen LogP contribution in [0.2, 0.25) is 0 Å². The molecule has 0 aliphatic carbocycles. The molecule has 1 N–H and O–H groups in total. The van der Waals surface area contributed by atoms with E-state index in [1.807, 2.05) is 23.6 Å². The number of amides is 1. The number of piperazine rings is 1. The van der Waals surface area contributed by atoms with E-state index >= 15 is 0 Å². The van der Waals surface area contributed by atoms with Gasteiger partial charge < -0.3 is 19.6 Å². The van der Waals surface area contributed by atoms with E-state index in [2.05, 4.69) is 34.1 Å². The summed E-state index contributed by atoms with van der Waals surface area (Å²) in [5.41, 5.74) is 0.876. The van der Waals surface area contributed by atoms with Crippen LogP contribution in [0.15, 0.2) is 28.1 Å². The first-order valence-corrected chi connectivity index (χ1v) is 12.0. The highest BCUT2D eigenvalue weighted by molar-refractivity contribution is 7.99. The lowest BCUT2D eigenvalue weighted by Crippen LogP contribution is -2.48. The van der Waals surface area contributed by atoms with E-state index in [0.717, 1.165) is 62.1 Å². The van der Waals surface area contributed by atoms with Crippen molar-refractivity contribution in [2.24, 2.45) is 5.92 Å². The van der Waals surface area contributed by atoms with Crippen molar-refractivity contribution in [1.82, 2.24) is 20.3 Å². The molecule has 2 aromatic rings. The normalized spacial score (nSPS) is 16.9. The van der Waals surface area contributed by atoms with Crippen molar-refractivity contribution >= 4 is 29.0 Å². The number of aromatic nitrogens is 1. The number of thioether (sulfide) groups is 1. The van der Waals surface area contributed by atoms with E-state index in [1.54, 1.807) is 23.1 Å². The minimum atomic E-state index is 0.0922. The molecule has 3 rings (SSSR count). The highest BCUT2D eigenvalue weighted by atomic mass is 32.2. The molecule has 6 nitrogen and oxygen atoms in total. The average Bonchev–Trinajstić information content (AvgIpc) is 3.39. The van der Waals surface area contributed by atoms with E-state index < -0.39 is 0 Å². The minimum absolute atomic E-state index is 0.0922. The highest BCUT2D eigenvalue weighted by Gasteiger charge is 2.17. The zero-order valence-corrected chi connectivity index (χ0v) is 18.4. The summed E-state index contributed by atoms with van der Waals surface area (Å²) in [6.07, 6.45) is 0. The van der Waals surface area contributed by atoms with Gasteiger partial charge in [0.2, 0.25) is 5.91 Å². The van der Waals surface area contributed by atoms with Crippen LogP contribution >= 0.6 is 23.1 Å². The predicted octanol–water partition coefficient (Wildman–Crippen LogP) is 3.03. The summed E-state index contributed by atoms with van der Waals surface area (Å²) in [6, 6.07) is 5.96. The molecule has 1 atom stereocenters. The first-order valence-electron chi connectivity index (χ1n) is 9.92. The number of carbonyl (C=O) groups is 1. The molecule has 1 fully saturated rings. The van der Waals surface area contributed by atoms with Gasteiger partial charge in [-0.2, -0.15) is 0 Å². The molecule has 0 bridgehead atoms. The van der Waals surface area contributed by atoms with E-state index in [9.17, 15) is 4.79 Å². The molecule has 1 amide bonds. The monoisotopic (exact) mass is 422 g/mol. The van der Waals surface area contributed by atoms with E-state index in [0.29, 0.717) is 17.4 Å². The van der Waals surface area contributed by atoms with Crippen LogP contribution in [0.1, 0.15) is 19.5 Å². The molecular formula is C20H30N4O2S2. The van der Waals surface area contributed by atoms with Crippen molar-refractivity contribution in [3.05, 3.63) is 29.3 Å². The second kappa shape index (κ2) is 11.0. The van der Waals surface area contributed by atoms with Gasteiger partial charge >= 0.3 is 0 Å². The molecule has 0 radical (unpaired) electrons. The number of carbonyl (C=O) groups excluding carboxylic acids is 1. The molecule has 8 heteroatoms. The Balaban J connectivity index is 1.28. The summed E-state index contributed by atoms with van der Waals surface area (Å²) in [5, 5.41) is 9.17. The maximum atomic E-state index is 12.1. The summed E-state index contributed by atoms with van der Waals surface area (Å²) in [7, 11) is 0.